The van der Waals surface area contributed by atoms with Gasteiger partial charge in [0.2, 0.25) is 5.54 Å². The molecule has 0 spiro atoms. The van der Waals surface area contributed by atoms with Gasteiger partial charge < -0.3 is 19.5 Å². The van der Waals surface area contributed by atoms with Crippen LogP contribution >= 0.6 is 15.9 Å². The minimum absolute atomic E-state index is 0.123. The number of hydrogen-bond acceptors (Lipinski definition) is 8. The van der Waals surface area contributed by atoms with Crippen LogP contribution in [-0.4, -0.2) is 37.2 Å². The molecule has 1 aliphatic rings. The van der Waals surface area contributed by atoms with E-state index < -0.39 is 28.5 Å². The maximum Gasteiger partial charge on any atom is 0.340 e. The van der Waals surface area contributed by atoms with Gasteiger partial charge in [0, 0.05) is 22.2 Å². The van der Waals surface area contributed by atoms with E-state index in [1.165, 1.54) is 44.6 Å². The fourth-order valence-corrected chi connectivity index (χ4v) is 3.82. The first-order valence-electron chi connectivity index (χ1n) is 8.66. The Morgan fingerprint density at radius 1 is 1.27 bits per heavy atom. The molecule has 0 saturated heterocycles. The maximum atomic E-state index is 13.2. The number of halogens is 1. The Balaban J connectivity index is 2.23. The summed E-state index contributed by atoms with van der Waals surface area (Å²) in [6.07, 6.45) is 1.60. The first-order chi connectivity index (χ1) is 14.3. The minimum atomic E-state index is -1.71. The predicted octanol–water partition coefficient (Wildman–Crippen LogP) is 3.33. The van der Waals surface area contributed by atoms with Crippen molar-refractivity contribution in [3.8, 4) is 5.75 Å². The summed E-state index contributed by atoms with van der Waals surface area (Å²) in [5, 5.41) is 14.2. The number of carbonyl (C=O) groups is 2. The predicted molar refractivity (Wildman–Crippen MR) is 110 cm³/mol. The van der Waals surface area contributed by atoms with Crippen LogP contribution in [0.2, 0.25) is 0 Å². The highest BCUT2D eigenvalue weighted by Gasteiger charge is 2.52. The molecule has 156 valence electrons. The molecule has 1 aliphatic heterocycles. The zero-order chi connectivity index (χ0) is 21.9. The Morgan fingerprint density at radius 3 is 2.57 bits per heavy atom. The van der Waals surface area contributed by atoms with Gasteiger partial charge in [0.1, 0.15) is 5.75 Å². The normalized spacial score (nSPS) is 17.0. The number of carbonyl (C=O) groups excluding carboxylic acids is 2. The topological polar surface area (TPSA) is 117 Å². The molecule has 10 heteroatoms. The number of nitro groups is 1. The van der Waals surface area contributed by atoms with Crippen molar-refractivity contribution in [2.24, 2.45) is 0 Å². The van der Waals surface area contributed by atoms with Crippen molar-refractivity contribution in [3.05, 3.63) is 74.8 Å². The van der Waals surface area contributed by atoms with Crippen molar-refractivity contribution in [1.82, 2.24) is 0 Å². The van der Waals surface area contributed by atoms with E-state index in [-0.39, 0.29) is 17.1 Å². The van der Waals surface area contributed by atoms with Crippen LogP contribution in [0.25, 0.3) is 0 Å². The van der Waals surface area contributed by atoms with Gasteiger partial charge in [-0.1, -0.05) is 34.1 Å². The van der Waals surface area contributed by atoms with Crippen molar-refractivity contribution in [2.75, 3.05) is 19.5 Å². The van der Waals surface area contributed by atoms with Crippen LogP contribution < -0.4 is 10.1 Å². The number of nitrogens with one attached hydrogen (secondary N) is 1. The number of benzene rings is 2. The first-order valence-corrected chi connectivity index (χ1v) is 9.45. The van der Waals surface area contributed by atoms with Gasteiger partial charge in [-0.3, -0.25) is 10.1 Å². The molecular formula is C20H17BrN2O7. The average molecular weight is 477 g/mol. The van der Waals surface area contributed by atoms with E-state index in [9.17, 15) is 19.7 Å². The fraction of sp³-hybridized carbons (Fsp3) is 0.200. The van der Waals surface area contributed by atoms with Crippen LogP contribution in [0.3, 0.4) is 0 Å². The molecular weight excluding hydrogens is 460 g/mol. The second-order valence-electron chi connectivity index (χ2n) is 6.26. The Morgan fingerprint density at radius 2 is 2.00 bits per heavy atom. The summed E-state index contributed by atoms with van der Waals surface area (Å²) in [7, 11) is 2.56. The Hall–Kier alpha value is -3.40. The van der Waals surface area contributed by atoms with Gasteiger partial charge in [-0.25, -0.2) is 9.59 Å². The quantitative estimate of drug-likeness (QED) is 0.367. The standard InChI is InChI=1S/C20H17BrN2O7/c1-28-16-11-12(23(26)27)7-8-15(16)22-20(19(25)29-2,17-9-10-18(24)30-17)13-5-3-4-6-14(13)21/h3-11,17,22H,1-2H3/t17-,20+/m1/s1. The Bertz CT molecular complexity index is 1040. The van der Waals surface area contributed by atoms with E-state index in [2.05, 4.69) is 21.2 Å². The fourth-order valence-electron chi connectivity index (χ4n) is 3.22. The maximum absolute atomic E-state index is 13.2. The van der Waals surface area contributed by atoms with Gasteiger partial charge in [-0.15, -0.1) is 0 Å². The smallest absolute Gasteiger partial charge is 0.340 e. The average Bonchev–Trinajstić information content (AvgIpc) is 3.18. The number of cyclic esters (lactones) is 1. The van der Waals surface area contributed by atoms with Crippen LogP contribution in [0.4, 0.5) is 11.4 Å². The number of hydrogen-bond donors (Lipinski definition) is 1. The molecule has 9 nitrogen and oxygen atoms in total. The van der Waals surface area contributed by atoms with Gasteiger partial charge in [0.05, 0.1) is 30.9 Å². The third kappa shape index (κ3) is 3.73. The lowest BCUT2D eigenvalue weighted by atomic mass is 9.83. The van der Waals surface area contributed by atoms with E-state index in [1.54, 1.807) is 24.3 Å². The summed E-state index contributed by atoms with van der Waals surface area (Å²) in [6.45, 7) is 0. The summed E-state index contributed by atoms with van der Waals surface area (Å²) in [6, 6.07) is 10.8. The number of anilines is 1. The number of esters is 2. The van der Waals surface area contributed by atoms with Crippen LogP contribution in [0.5, 0.6) is 5.75 Å². The number of ether oxygens (including phenoxy) is 3. The van der Waals surface area contributed by atoms with Crippen molar-refractivity contribution in [2.45, 2.75) is 11.6 Å². The van der Waals surface area contributed by atoms with Crippen molar-refractivity contribution in [1.29, 1.82) is 0 Å². The molecule has 3 rings (SSSR count). The van der Waals surface area contributed by atoms with Crippen LogP contribution in [-0.2, 0) is 24.6 Å². The van der Waals surface area contributed by atoms with Gasteiger partial charge in [0.25, 0.3) is 5.69 Å². The first kappa shape index (κ1) is 21.3. The highest BCUT2D eigenvalue weighted by molar-refractivity contribution is 9.10. The molecule has 0 saturated carbocycles. The molecule has 0 aliphatic carbocycles. The molecule has 0 radical (unpaired) electrons. The molecule has 2 atom stereocenters. The van der Waals surface area contributed by atoms with E-state index in [0.29, 0.717) is 10.0 Å². The monoisotopic (exact) mass is 476 g/mol. The van der Waals surface area contributed by atoms with Crippen molar-refractivity contribution < 1.29 is 28.7 Å². The SMILES string of the molecule is COC(=O)[C@](Nc1ccc([N+](=O)[O-])cc1OC)(c1ccccc1Br)[C@H]1C=CC(=O)O1. The number of methoxy groups -OCH3 is 2. The van der Waals surface area contributed by atoms with E-state index in [4.69, 9.17) is 14.2 Å². The van der Waals surface area contributed by atoms with Crippen molar-refractivity contribution >= 4 is 39.2 Å². The number of non-ortho nitro benzene ring substituents is 1. The van der Waals surface area contributed by atoms with E-state index >= 15 is 0 Å². The summed E-state index contributed by atoms with van der Waals surface area (Å²) < 4.78 is 16.3. The summed E-state index contributed by atoms with van der Waals surface area (Å²) >= 11 is 3.44. The van der Waals surface area contributed by atoms with Gasteiger partial charge >= 0.3 is 11.9 Å². The summed E-state index contributed by atoms with van der Waals surface area (Å²) in [5.41, 5.74) is -1.20. The van der Waals surface area contributed by atoms with Gasteiger partial charge in [-0.05, 0) is 18.2 Å². The van der Waals surface area contributed by atoms with E-state index in [1.807, 2.05) is 0 Å². The summed E-state index contributed by atoms with van der Waals surface area (Å²) in [4.78, 5) is 35.6. The third-order valence-electron chi connectivity index (χ3n) is 4.61. The van der Waals surface area contributed by atoms with Crippen molar-refractivity contribution in [3.63, 3.8) is 0 Å². The Kier molecular flexibility index (Phi) is 6.06. The van der Waals surface area contributed by atoms with E-state index in [0.717, 1.165) is 0 Å². The molecule has 2 aromatic carbocycles. The molecule has 0 unspecified atom stereocenters. The lowest BCUT2D eigenvalue weighted by Crippen LogP contribution is -2.53. The zero-order valence-corrected chi connectivity index (χ0v) is 17.5. The van der Waals surface area contributed by atoms with Gasteiger partial charge in [0.15, 0.2) is 6.10 Å². The molecule has 30 heavy (non-hydrogen) atoms. The van der Waals surface area contributed by atoms with Crippen LogP contribution in [0.15, 0.2) is 59.1 Å². The zero-order valence-electron chi connectivity index (χ0n) is 16.0. The molecule has 0 aromatic heterocycles. The second kappa shape index (κ2) is 8.54. The number of nitrogens with zero attached hydrogens (tertiary/aromatic N) is 1. The van der Waals surface area contributed by atoms with Crippen LogP contribution in [0.1, 0.15) is 5.56 Å². The molecule has 0 fully saturated rings. The Labute approximate surface area is 179 Å². The van der Waals surface area contributed by atoms with Gasteiger partial charge in [-0.2, -0.15) is 0 Å². The molecule has 2 aromatic rings. The van der Waals surface area contributed by atoms with Crippen LogP contribution in [0, 0.1) is 10.1 Å². The molecule has 0 bridgehead atoms. The molecule has 1 N–H and O–H groups in total. The molecule has 0 amide bonds. The lowest BCUT2D eigenvalue weighted by molar-refractivity contribution is -0.384. The number of rotatable bonds is 7. The molecule has 1 heterocycles. The largest absolute Gasteiger partial charge is 0.494 e. The highest BCUT2D eigenvalue weighted by atomic mass is 79.9. The highest BCUT2D eigenvalue weighted by Crippen LogP contribution is 2.41. The lowest BCUT2D eigenvalue weighted by Gasteiger charge is -2.37. The third-order valence-corrected chi connectivity index (χ3v) is 5.30. The summed E-state index contributed by atoms with van der Waals surface area (Å²) in [5.74, 6) is -1.23. The second-order valence-corrected chi connectivity index (χ2v) is 7.12. The number of nitro benzene ring substituents is 1. The minimum Gasteiger partial charge on any atom is -0.494 e.